The van der Waals surface area contributed by atoms with E-state index in [9.17, 15) is 29.4 Å². The Labute approximate surface area is 204 Å². The van der Waals surface area contributed by atoms with Crippen molar-refractivity contribution in [3.05, 3.63) is 29.8 Å². The highest BCUT2D eigenvalue weighted by Crippen LogP contribution is 2.20. The van der Waals surface area contributed by atoms with Gasteiger partial charge in [-0.3, -0.25) is 14.4 Å². The fourth-order valence-electron chi connectivity index (χ4n) is 3.92. The van der Waals surface area contributed by atoms with E-state index in [0.29, 0.717) is 19.4 Å². The highest BCUT2D eigenvalue weighted by atomic mass is 32.1. The second-order valence-corrected chi connectivity index (χ2v) is 9.30. The molecule has 4 atom stereocenters. The Balaban J connectivity index is 2.00. The number of carboxylic acids is 1. The number of nitrogens with one attached hydrogen (secondary N) is 2. The average Bonchev–Trinajstić information content (AvgIpc) is 3.27. The highest BCUT2D eigenvalue weighted by Gasteiger charge is 2.37. The van der Waals surface area contributed by atoms with E-state index < -0.39 is 42.0 Å². The van der Waals surface area contributed by atoms with Crippen molar-refractivity contribution in [1.82, 2.24) is 15.5 Å². The maximum absolute atomic E-state index is 13.0. The molecule has 11 heteroatoms. The number of aromatic hydroxyl groups is 1. The van der Waals surface area contributed by atoms with Crippen molar-refractivity contribution < 1.29 is 29.4 Å². The van der Waals surface area contributed by atoms with Crippen LogP contribution < -0.4 is 16.4 Å². The van der Waals surface area contributed by atoms with E-state index in [1.54, 1.807) is 12.1 Å². The topological polar surface area (TPSA) is 162 Å². The quantitative estimate of drug-likeness (QED) is 0.241. The maximum Gasteiger partial charge on any atom is 0.326 e. The Morgan fingerprint density at radius 1 is 1.15 bits per heavy atom. The standard InChI is InChI=1S/C23H34N4O6S/c1-13(2)10-17(23(32)33)25-20(29)18(12-34)26-21(30)19-4-3-9-27(19)22(31)16(24)11-14-5-7-15(28)8-6-14/h5-8,13,16-19,28,34H,3-4,9-12,24H2,1-2H3,(H,25,29)(H,26,30)(H,32,33). The van der Waals surface area contributed by atoms with Gasteiger partial charge >= 0.3 is 5.97 Å². The second-order valence-electron chi connectivity index (χ2n) is 8.94. The summed E-state index contributed by atoms with van der Waals surface area (Å²) in [6.07, 6.45) is 1.54. The first-order chi connectivity index (χ1) is 16.0. The molecule has 0 saturated carbocycles. The monoisotopic (exact) mass is 494 g/mol. The number of rotatable bonds is 11. The van der Waals surface area contributed by atoms with Crippen LogP contribution in [0.2, 0.25) is 0 Å². The van der Waals surface area contributed by atoms with Crippen LogP contribution in [0.25, 0.3) is 0 Å². The van der Waals surface area contributed by atoms with E-state index in [4.69, 9.17) is 5.73 Å². The van der Waals surface area contributed by atoms with Gasteiger partial charge in [0, 0.05) is 12.3 Å². The summed E-state index contributed by atoms with van der Waals surface area (Å²) in [4.78, 5) is 51.4. The van der Waals surface area contributed by atoms with Gasteiger partial charge in [-0.05, 0) is 49.3 Å². The molecule has 1 aromatic rings. The minimum atomic E-state index is -1.15. The number of carboxylic acid groups (broad SMARTS) is 1. The average molecular weight is 495 g/mol. The molecular formula is C23H34N4O6S. The van der Waals surface area contributed by atoms with E-state index >= 15 is 0 Å². The number of phenols is 1. The van der Waals surface area contributed by atoms with Crippen LogP contribution in [0, 0.1) is 5.92 Å². The third-order valence-electron chi connectivity index (χ3n) is 5.68. The Morgan fingerprint density at radius 3 is 2.35 bits per heavy atom. The number of hydrogen-bond donors (Lipinski definition) is 6. The zero-order chi connectivity index (χ0) is 25.4. The molecule has 0 radical (unpaired) electrons. The predicted molar refractivity (Wildman–Crippen MR) is 129 cm³/mol. The molecule has 10 nitrogen and oxygen atoms in total. The fourth-order valence-corrected chi connectivity index (χ4v) is 4.17. The van der Waals surface area contributed by atoms with E-state index in [1.807, 2.05) is 13.8 Å². The van der Waals surface area contributed by atoms with Gasteiger partial charge in [-0.25, -0.2) is 4.79 Å². The summed E-state index contributed by atoms with van der Waals surface area (Å²) in [5, 5.41) is 23.8. The number of likely N-dealkylation sites (tertiary alicyclic amines) is 1. The number of benzene rings is 1. The third kappa shape index (κ3) is 7.63. The molecule has 34 heavy (non-hydrogen) atoms. The van der Waals surface area contributed by atoms with Crippen LogP contribution in [0.4, 0.5) is 0 Å². The van der Waals surface area contributed by atoms with Crippen molar-refractivity contribution in [1.29, 1.82) is 0 Å². The molecule has 4 unspecified atom stereocenters. The molecule has 6 N–H and O–H groups in total. The van der Waals surface area contributed by atoms with Crippen LogP contribution in [0.15, 0.2) is 24.3 Å². The highest BCUT2D eigenvalue weighted by molar-refractivity contribution is 7.80. The van der Waals surface area contributed by atoms with Gasteiger partial charge in [0.2, 0.25) is 17.7 Å². The van der Waals surface area contributed by atoms with Gasteiger partial charge in [0.1, 0.15) is 23.9 Å². The van der Waals surface area contributed by atoms with Crippen molar-refractivity contribution in [3.63, 3.8) is 0 Å². The van der Waals surface area contributed by atoms with Crippen molar-refractivity contribution >= 4 is 36.3 Å². The number of carbonyl (C=O) groups excluding carboxylic acids is 3. The molecule has 1 heterocycles. The van der Waals surface area contributed by atoms with Crippen LogP contribution in [-0.2, 0) is 25.6 Å². The van der Waals surface area contributed by atoms with Gasteiger partial charge in [0.05, 0.1) is 6.04 Å². The summed E-state index contributed by atoms with van der Waals surface area (Å²) >= 11 is 4.13. The molecule has 1 fully saturated rings. The molecule has 1 saturated heterocycles. The van der Waals surface area contributed by atoms with Gasteiger partial charge in [0.15, 0.2) is 0 Å². The first-order valence-corrected chi connectivity index (χ1v) is 11.9. The van der Waals surface area contributed by atoms with Gasteiger partial charge in [-0.2, -0.15) is 12.6 Å². The minimum absolute atomic E-state index is 0.0351. The van der Waals surface area contributed by atoms with Crippen LogP contribution in [-0.4, -0.2) is 75.3 Å². The molecule has 1 aliphatic heterocycles. The Hall–Kier alpha value is -2.79. The van der Waals surface area contributed by atoms with Crippen molar-refractivity contribution in [3.8, 4) is 5.75 Å². The number of amides is 3. The van der Waals surface area contributed by atoms with Gasteiger partial charge in [-0.15, -0.1) is 0 Å². The number of nitrogens with zero attached hydrogens (tertiary/aromatic N) is 1. The molecule has 1 aromatic carbocycles. The van der Waals surface area contributed by atoms with Gasteiger partial charge < -0.3 is 31.5 Å². The Bertz CT molecular complexity index is 879. The summed E-state index contributed by atoms with van der Waals surface area (Å²) in [7, 11) is 0. The molecule has 0 bridgehead atoms. The number of thiol groups is 1. The Morgan fingerprint density at radius 2 is 1.79 bits per heavy atom. The van der Waals surface area contributed by atoms with Crippen molar-refractivity contribution in [2.24, 2.45) is 11.7 Å². The Kier molecular flexibility index (Phi) is 10.2. The molecule has 2 rings (SSSR count). The molecule has 3 amide bonds. The summed E-state index contributed by atoms with van der Waals surface area (Å²) in [6.45, 7) is 4.06. The summed E-state index contributed by atoms with van der Waals surface area (Å²) in [5.74, 6) is -2.55. The summed E-state index contributed by atoms with van der Waals surface area (Å²) < 4.78 is 0. The van der Waals surface area contributed by atoms with Gasteiger partial charge in [-0.1, -0.05) is 26.0 Å². The van der Waals surface area contributed by atoms with Crippen LogP contribution in [0.5, 0.6) is 5.75 Å². The zero-order valence-electron chi connectivity index (χ0n) is 19.4. The lowest BCUT2D eigenvalue weighted by atomic mass is 10.0. The summed E-state index contributed by atoms with van der Waals surface area (Å²) in [5.41, 5.74) is 6.89. The van der Waals surface area contributed by atoms with Crippen molar-refractivity contribution in [2.75, 3.05) is 12.3 Å². The van der Waals surface area contributed by atoms with E-state index in [2.05, 4.69) is 23.3 Å². The SMILES string of the molecule is CC(C)CC(NC(=O)C(CS)NC(=O)C1CCCN1C(=O)C(N)Cc1ccc(O)cc1)C(=O)O. The number of phenolic OH excluding ortho intramolecular Hbond substituents is 1. The summed E-state index contributed by atoms with van der Waals surface area (Å²) in [6, 6.07) is 2.61. The van der Waals surface area contributed by atoms with Crippen LogP contribution in [0.1, 0.15) is 38.7 Å². The molecular weight excluding hydrogens is 460 g/mol. The number of nitrogens with two attached hydrogens (primary N) is 1. The van der Waals surface area contributed by atoms with Crippen molar-refractivity contribution in [2.45, 2.75) is 63.7 Å². The smallest absolute Gasteiger partial charge is 0.326 e. The molecule has 1 aliphatic rings. The molecule has 0 aliphatic carbocycles. The zero-order valence-corrected chi connectivity index (χ0v) is 20.3. The lowest BCUT2D eigenvalue weighted by molar-refractivity contribution is -0.143. The predicted octanol–water partition coefficient (Wildman–Crippen LogP) is 0.283. The first-order valence-electron chi connectivity index (χ1n) is 11.3. The van der Waals surface area contributed by atoms with E-state index in [-0.39, 0.29) is 36.2 Å². The van der Waals surface area contributed by atoms with Gasteiger partial charge in [0.25, 0.3) is 0 Å². The van der Waals surface area contributed by atoms with E-state index in [1.165, 1.54) is 17.0 Å². The number of hydrogen-bond acceptors (Lipinski definition) is 7. The number of carbonyl (C=O) groups is 4. The normalized spacial score (nSPS) is 18.3. The van der Waals surface area contributed by atoms with E-state index in [0.717, 1.165) is 5.56 Å². The maximum atomic E-state index is 13.0. The number of aliphatic carboxylic acids is 1. The fraction of sp³-hybridized carbons (Fsp3) is 0.565. The molecule has 0 aromatic heterocycles. The molecule has 0 spiro atoms. The molecule has 188 valence electrons. The third-order valence-corrected chi connectivity index (χ3v) is 6.05. The second kappa shape index (κ2) is 12.6. The van der Waals surface area contributed by atoms with Crippen LogP contribution >= 0.6 is 12.6 Å². The largest absolute Gasteiger partial charge is 0.508 e. The first kappa shape index (κ1) is 27.5. The lowest BCUT2D eigenvalue weighted by Crippen LogP contribution is -2.57. The lowest BCUT2D eigenvalue weighted by Gasteiger charge is -2.28. The van der Waals surface area contributed by atoms with Crippen LogP contribution in [0.3, 0.4) is 0 Å². The minimum Gasteiger partial charge on any atom is -0.508 e.